The van der Waals surface area contributed by atoms with Gasteiger partial charge in [-0.3, -0.25) is 9.59 Å². The van der Waals surface area contributed by atoms with Gasteiger partial charge in [-0.1, -0.05) is 11.8 Å². The summed E-state index contributed by atoms with van der Waals surface area (Å²) in [5.74, 6) is -0.556. The number of fused-ring (bicyclic) bond motifs is 1. The third-order valence-corrected chi connectivity index (χ3v) is 6.82. The Hall–Kier alpha value is -1.98. The Morgan fingerprint density at radius 3 is 3.04 bits per heavy atom. The van der Waals surface area contributed by atoms with Gasteiger partial charge in [0.2, 0.25) is 11.1 Å². The summed E-state index contributed by atoms with van der Waals surface area (Å²) in [6.45, 7) is 1.35. The fraction of sp³-hybridized carbons (Fsp3) is 0.562. The van der Waals surface area contributed by atoms with Crippen LogP contribution >= 0.6 is 23.1 Å². The summed E-state index contributed by atoms with van der Waals surface area (Å²) in [5, 5.41) is 15.6. The van der Waals surface area contributed by atoms with Crippen LogP contribution < -0.4 is 11.1 Å². The third kappa shape index (κ3) is 3.99. The molecule has 0 bridgehead atoms. The molecular weight excluding hydrogens is 388 g/mol. The quantitative estimate of drug-likeness (QED) is 0.660. The number of aryl methyl sites for hydroxylation is 1. The molecule has 11 heteroatoms. The third-order valence-electron chi connectivity index (χ3n) is 4.65. The van der Waals surface area contributed by atoms with Crippen LogP contribution in [-0.4, -0.2) is 50.5 Å². The number of aromatic nitrogens is 4. The molecule has 3 N–H and O–H groups in total. The molecule has 1 atom stereocenters. The fourth-order valence-corrected chi connectivity index (χ4v) is 5.44. The number of hydrogen-bond acceptors (Lipinski definition) is 8. The van der Waals surface area contributed by atoms with E-state index in [1.54, 1.807) is 4.68 Å². The van der Waals surface area contributed by atoms with Crippen molar-refractivity contribution in [2.75, 3.05) is 17.7 Å². The normalized spacial score (nSPS) is 18.6. The van der Waals surface area contributed by atoms with Gasteiger partial charge < -0.3 is 15.8 Å². The van der Waals surface area contributed by atoms with E-state index < -0.39 is 5.91 Å². The lowest BCUT2D eigenvalue weighted by molar-refractivity contribution is -0.113. The number of rotatable bonds is 7. The molecule has 9 nitrogen and oxygen atoms in total. The molecule has 0 saturated carbocycles. The first-order valence-corrected chi connectivity index (χ1v) is 10.7. The molecule has 1 aliphatic heterocycles. The predicted molar refractivity (Wildman–Crippen MR) is 101 cm³/mol. The Morgan fingerprint density at radius 2 is 2.26 bits per heavy atom. The molecule has 3 heterocycles. The number of amides is 2. The maximum Gasteiger partial charge on any atom is 0.251 e. The van der Waals surface area contributed by atoms with Crippen molar-refractivity contribution in [3.63, 3.8) is 0 Å². The SMILES string of the molecule is NC(=O)c1c(NC(=O)CSc2nnnn2C[C@@H]2CCCO2)sc2c1CCC2. The summed E-state index contributed by atoms with van der Waals surface area (Å²) in [6.07, 6.45) is 4.95. The average molecular weight is 409 g/mol. The maximum atomic E-state index is 12.4. The van der Waals surface area contributed by atoms with Gasteiger partial charge in [0, 0.05) is 11.5 Å². The number of carbonyl (C=O) groups excluding carboxylic acids is 2. The lowest BCUT2D eigenvalue weighted by Crippen LogP contribution is -2.20. The highest BCUT2D eigenvalue weighted by molar-refractivity contribution is 7.99. The smallest absolute Gasteiger partial charge is 0.251 e. The first-order valence-electron chi connectivity index (χ1n) is 8.86. The summed E-state index contributed by atoms with van der Waals surface area (Å²) in [4.78, 5) is 25.3. The van der Waals surface area contributed by atoms with Gasteiger partial charge in [0.15, 0.2) is 0 Å². The number of nitrogens with two attached hydrogens (primary N) is 1. The predicted octanol–water partition coefficient (Wildman–Crippen LogP) is 1.23. The molecule has 1 fully saturated rings. The number of nitrogens with one attached hydrogen (secondary N) is 1. The van der Waals surface area contributed by atoms with Crippen molar-refractivity contribution in [1.29, 1.82) is 0 Å². The standard InChI is InChI=1S/C16H20N6O3S2/c17-14(24)13-10-4-1-5-11(10)27-15(13)18-12(23)8-26-16-19-20-21-22(16)7-9-3-2-6-25-9/h9H,1-8H2,(H2,17,24)(H,18,23)/t9-/m0/s1. The molecule has 0 spiro atoms. The highest BCUT2D eigenvalue weighted by atomic mass is 32.2. The number of tetrazole rings is 1. The van der Waals surface area contributed by atoms with Gasteiger partial charge in [0.25, 0.3) is 5.91 Å². The molecule has 0 unspecified atom stereocenters. The van der Waals surface area contributed by atoms with Crippen molar-refractivity contribution >= 4 is 39.9 Å². The number of thiophene rings is 1. The average Bonchev–Trinajstić information content (AvgIpc) is 3.37. The summed E-state index contributed by atoms with van der Waals surface area (Å²) in [6, 6.07) is 0. The number of carbonyl (C=O) groups is 2. The Balaban J connectivity index is 1.37. The molecule has 1 saturated heterocycles. The molecule has 2 aliphatic rings. The van der Waals surface area contributed by atoms with Crippen LogP contribution in [0.4, 0.5) is 5.00 Å². The van der Waals surface area contributed by atoms with Crippen molar-refractivity contribution < 1.29 is 14.3 Å². The summed E-state index contributed by atoms with van der Waals surface area (Å²) >= 11 is 2.71. The molecule has 1 aliphatic carbocycles. The van der Waals surface area contributed by atoms with Crippen molar-refractivity contribution in [3.8, 4) is 0 Å². The van der Waals surface area contributed by atoms with Gasteiger partial charge in [-0.15, -0.1) is 16.4 Å². The van der Waals surface area contributed by atoms with Crippen LogP contribution in [0.25, 0.3) is 0 Å². The second-order valence-corrected chi connectivity index (χ2v) is 8.59. The monoisotopic (exact) mass is 408 g/mol. The molecular formula is C16H20N6O3S2. The zero-order chi connectivity index (χ0) is 18.8. The topological polar surface area (TPSA) is 125 Å². The van der Waals surface area contributed by atoms with E-state index in [4.69, 9.17) is 10.5 Å². The van der Waals surface area contributed by atoms with E-state index in [0.29, 0.717) is 22.3 Å². The van der Waals surface area contributed by atoms with Crippen LogP contribution in [0.2, 0.25) is 0 Å². The van der Waals surface area contributed by atoms with Gasteiger partial charge in [0.05, 0.1) is 24.0 Å². The van der Waals surface area contributed by atoms with Gasteiger partial charge in [0.1, 0.15) is 5.00 Å². The van der Waals surface area contributed by atoms with Crippen LogP contribution in [-0.2, 0) is 28.9 Å². The number of nitrogens with zero attached hydrogens (tertiary/aromatic N) is 4. The first kappa shape index (κ1) is 18.4. The van der Waals surface area contributed by atoms with Crippen molar-refractivity contribution in [2.45, 2.75) is 49.9 Å². The van der Waals surface area contributed by atoms with E-state index in [-0.39, 0.29) is 17.8 Å². The molecule has 4 rings (SSSR count). The zero-order valence-electron chi connectivity index (χ0n) is 14.6. The molecule has 27 heavy (non-hydrogen) atoms. The second-order valence-electron chi connectivity index (χ2n) is 6.54. The van der Waals surface area contributed by atoms with Gasteiger partial charge in [-0.2, -0.15) is 0 Å². The van der Waals surface area contributed by atoms with Gasteiger partial charge in [-0.25, -0.2) is 4.68 Å². The van der Waals surface area contributed by atoms with E-state index >= 15 is 0 Å². The first-order chi connectivity index (χ1) is 13.1. The summed E-state index contributed by atoms with van der Waals surface area (Å²) in [7, 11) is 0. The minimum atomic E-state index is -0.488. The van der Waals surface area contributed by atoms with Crippen LogP contribution in [0.15, 0.2) is 5.16 Å². The molecule has 2 aromatic heterocycles. The van der Waals surface area contributed by atoms with Crippen LogP contribution in [0.3, 0.4) is 0 Å². The lowest BCUT2D eigenvalue weighted by Gasteiger charge is -2.10. The Morgan fingerprint density at radius 1 is 1.37 bits per heavy atom. The van der Waals surface area contributed by atoms with E-state index in [1.807, 2.05) is 0 Å². The Kier molecular flexibility index (Phi) is 5.41. The Bertz CT molecular complexity index is 858. The molecule has 2 amide bonds. The van der Waals surface area contributed by atoms with Gasteiger partial charge >= 0.3 is 0 Å². The van der Waals surface area contributed by atoms with Crippen LogP contribution in [0.1, 0.15) is 40.1 Å². The lowest BCUT2D eigenvalue weighted by atomic mass is 10.1. The Labute approximate surface area is 164 Å². The minimum absolute atomic E-state index is 0.119. The number of anilines is 1. The van der Waals surface area contributed by atoms with E-state index in [0.717, 1.165) is 49.2 Å². The largest absolute Gasteiger partial charge is 0.376 e. The number of ether oxygens (including phenoxy) is 1. The second kappa shape index (κ2) is 7.95. The molecule has 2 aromatic rings. The van der Waals surface area contributed by atoms with E-state index in [9.17, 15) is 9.59 Å². The fourth-order valence-electron chi connectivity index (χ4n) is 3.44. The maximum absolute atomic E-state index is 12.4. The number of hydrogen-bond donors (Lipinski definition) is 2. The number of thioether (sulfide) groups is 1. The van der Waals surface area contributed by atoms with Crippen molar-refractivity contribution in [3.05, 3.63) is 16.0 Å². The van der Waals surface area contributed by atoms with Crippen LogP contribution in [0, 0.1) is 0 Å². The van der Waals surface area contributed by atoms with E-state index in [2.05, 4.69) is 20.8 Å². The van der Waals surface area contributed by atoms with Crippen molar-refractivity contribution in [2.24, 2.45) is 5.73 Å². The minimum Gasteiger partial charge on any atom is -0.376 e. The highest BCUT2D eigenvalue weighted by Crippen LogP contribution is 2.38. The summed E-state index contributed by atoms with van der Waals surface area (Å²) < 4.78 is 7.27. The molecule has 144 valence electrons. The number of primary amides is 1. The zero-order valence-corrected chi connectivity index (χ0v) is 16.3. The van der Waals surface area contributed by atoms with Crippen molar-refractivity contribution in [1.82, 2.24) is 20.2 Å². The van der Waals surface area contributed by atoms with Crippen LogP contribution in [0.5, 0.6) is 0 Å². The molecule has 0 radical (unpaired) electrons. The molecule has 0 aromatic carbocycles. The van der Waals surface area contributed by atoms with E-state index in [1.165, 1.54) is 23.1 Å². The summed E-state index contributed by atoms with van der Waals surface area (Å²) in [5.41, 5.74) is 6.99. The van der Waals surface area contributed by atoms with Gasteiger partial charge in [-0.05, 0) is 48.1 Å². The highest BCUT2D eigenvalue weighted by Gasteiger charge is 2.26.